The molecule has 106 valence electrons. The number of guanidine groups is 1. The third kappa shape index (κ3) is 6.35. The van der Waals surface area contributed by atoms with Crippen LogP contribution >= 0.6 is 0 Å². The summed E-state index contributed by atoms with van der Waals surface area (Å²) in [5, 5.41) is 3.25. The maximum absolute atomic E-state index is 11.0. The van der Waals surface area contributed by atoms with Gasteiger partial charge in [0.05, 0.1) is 6.04 Å². The molecule has 1 saturated carbocycles. The van der Waals surface area contributed by atoms with Crippen molar-refractivity contribution >= 4 is 16.8 Å². The van der Waals surface area contributed by atoms with E-state index in [2.05, 4.69) is 22.7 Å². The molecule has 1 fully saturated rings. The SMILES string of the molecule is CC(CCS(C)=O)NC(=NC1CCCCC1)NN. The van der Waals surface area contributed by atoms with Crippen LogP contribution < -0.4 is 16.6 Å². The van der Waals surface area contributed by atoms with Crippen molar-refractivity contribution < 1.29 is 4.21 Å². The zero-order valence-electron chi connectivity index (χ0n) is 11.4. The Bertz CT molecular complexity index is 290. The van der Waals surface area contributed by atoms with Gasteiger partial charge < -0.3 is 5.32 Å². The maximum atomic E-state index is 11.0. The molecule has 0 saturated heterocycles. The number of aliphatic imine (C=N–C) groups is 1. The van der Waals surface area contributed by atoms with Crippen LogP contribution in [0.15, 0.2) is 4.99 Å². The smallest absolute Gasteiger partial charge is 0.206 e. The molecule has 2 atom stereocenters. The van der Waals surface area contributed by atoms with Crippen molar-refractivity contribution in [3.8, 4) is 0 Å². The lowest BCUT2D eigenvalue weighted by atomic mass is 9.96. The first kappa shape index (κ1) is 15.4. The molecule has 0 aromatic heterocycles. The van der Waals surface area contributed by atoms with Gasteiger partial charge in [0.2, 0.25) is 5.96 Å². The molecule has 4 N–H and O–H groups in total. The number of hydrogen-bond donors (Lipinski definition) is 3. The van der Waals surface area contributed by atoms with Gasteiger partial charge in [-0.15, -0.1) is 0 Å². The van der Waals surface area contributed by atoms with Gasteiger partial charge in [0.25, 0.3) is 0 Å². The largest absolute Gasteiger partial charge is 0.353 e. The van der Waals surface area contributed by atoms with E-state index >= 15 is 0 Å². The summed E-state index contributed by atoms with van der Waals surface area (Å²) in [6.07, 6.45) is 8.73. The first-order chi connectivity index (χ1) is 8.61. The lowest BCUT2D eigenvalue weighted by molar-refractivity contribution is 0.440. The van der Waals surface area contributed by atoms with E-state index in [0.717, 1.165) is 19.3 Å². The average Bonchev–Trinajstić information content (AvgIpc) is 2.37. The van der Waals surface area contributed by atoms with Gasteiger partial charge in [-0.1, -0.05) is 19.3 Å². The standard InChI is InChI=1S/C12H26N4OS/c1-10(8-9-18(2)17)14-12(16-13)15-11-6-4-3-5-7-11/h10-11H,3-9,13H2,1-2H3,(H2,14,15,16). The minimum Gasteiger partial charge on any atom is -0.353 e. The van der Waals surface area contributed by atoms with Crippen LogP contribution in [0, 0.1) is 0 Å². The molecule has 1 rings (SSSR count). The van der Waals surface area contributed by atoms with E-state index in [4.69, 9.17) is 5.84 Å². The molecule has 2 unspecified atom stereocenters. The highest BCUT2D eigenvalue weighted by atomic mass is 32.2. The predicted molar refractivity (Wildman–Crippen MR) is 77.8 cm³/mol. The minimum absolute atomic E-state index is 0.229. The number of hydrazine groups is 1. The minimum atomic E-state index is -0.741. The molecular formula is C12H26N4OS. The average molecular weight is 274 g/mol. The number of nitrogens with zero attached hydrogens (tertiary/aromatic N) is 1. The lowest BCUT2D eigenvalue weighted by Gasteiger charge is -2.21. The van der Waals surface area contributed by atoms with Gasteiger partial charge in [-0.3, -0.25) is 9.63 Å². The molecule has 6 heteroatoms. The number of rotatable bonds is 5. The van der Waals surface area contributed by atoms with Crippen molar-refractivity contribution in [3.63, 3.8) is 0 Å². The van der Waals surface area contributed by atoms with Crippen molar-refractivity contribution in [2.45, 2.75) is 57.5 Å². The summed E-state index contributed by atoms with van der Waals surface area (Å²) in [4.78, 5) is 4.61. The zero-order valence-corrected chi connectivity index (χ0v) is 12.3. The first-order valence-corrected chi connectivity index (χ1v) is 8.45. The van der Waals surface area contributed by atoms with Crippen molar-refractivity contribution in [1.82, 2.24) is 10.7 Å². The summed E-state index contributed by atoms with van der Waals surface area (Å²) < 4.78 is 11.0. The van der Waals surface area contributed by atoms with Crippen LogP contribution in [0.4, 0.5) is 0 Å². The Kier molecular flexibility index (Phi) is 7.27. The highest BCUT2D eigenvalue weighted by Crippen LogP contribution is 2.20. The molecular weight excluding hydrogens is 248 g/mol. The van der Waals surface area contributed by atoms with Crippen LogP contribution in [0.25, 0.3) is 0 Å². The molecule has 0 aromatic rings. The van der Waals surface area contributed by atoms with Crippen molar-refractivity contribution in [2.75, 3.05) is 12.0 Å². The molecule has 0 spiro atoms. The van der Waals surface area contributed by atoms with Gasteiger partial charge in [-0.25, -0.2) is 10.8 Å². The van der Waals surface area contributed by atoms with Gasteiger partial charge in [0.15, 0.2) is 0 Å². The second kappa shape index (κ2) is 8.48. The molecule has 0 radical (unpaired) electrons. The highest BCUT2D eigenvalue weighted by Gasteiger charge is 2.13. The Morgan fingerprint density at radius 3 is 2.67 bits per heavy atom. The van der Waals surface area contributed by atoms with E-state index < -0.39 is 10.8 Å². The van der Waals surface area contributed by atoms with Gasteiger partial charge in [0, 0.05) is 28.9 Å². The predicted octanol–water partition coefficient (Wildman–Crippen LogP) is 0.885. The maximum Gasteiger partial charge on any atom is 0.206 e. The van der Waals surface area contributed by atoms with Gasteiger partial charge in [-0.2, -0.15) is 0 Å². The Labute approximate surface area is 112 Å². The van der Waals surface area contributed by atoms with Crippen molar-refractivity contribution in [2.24, 2.45) is 10.8 Å². The molecule has 5 nitrogen and oxygen atoms in total. The topological polar surface area (TPSA) is 79.5 Å². The summed E-state index contributed by atoms with van der Waals surface area (Å²) in [6, 6.07) is 0.622. The van der Waals surface area contributed by atoms with Crippen molar-refractivity contribution in [1.29, 1.82) is 0 Å². The summed E-state index contributed by atoms with van der Waals surface area (Å²) in [5.74, 6) is 6.86. The Balaban J connectivity index is 2.39. The van der Waals surface area contributed by atoms with E-state index in [1.807, 2.05) is 0 Å². The molecule has 18 heavy (non-hydrogen) atoms. The number of nitrogens with two attached hydrogens (primary N) is 1. The van der Waals surface area contributed by atoms with Crippen LogP contribution in [0.2, 0.25) is 0 Å². The molecule has 0 bridgehead atoms. The number of nitrogens with one attached hydrogen (secondary N) is 2. The molecule has 0 heterocycles. The van der Waals surface area contributed by atoms with E-state index in [9.17, 15) is 4.21 Å². The Morgan fingerprint density at radius 1 is 1.44 bits per heavy atom. The highest BCUT2D eigenvalue weighted by molar-refractivity contribution is 7.84. The molecule has 1 aliphatic rings. The van der Waals surface area contributed by atoms with E-state index in [0.29, 0.717) is 17.8 Å². The van der Waals surface area contributed by atoms with Gasteiger partial charge in [0.1, 0.15) is 0 Å². The van der Waals surface area contributed by atoms with Crippen LogP contribution in [0.3, 0.4) is 0 Å². The van der Waals surface area contributed by atoms with E-state index in [-0.39, 0.29) is 6.04 Å². The van der Waals surface area contributed by atoms with E-state index in [1.54, 1.807) is 6.26 Å². The van der Waals surface area contributed by atoms with Gasteiger partial charge in [-0.05, 0) is 26.2 Å². The summed E-state index contributed by atoms with van der Waals surface area (Å²) >= 11 is 0. The Hall–Kier alpha value is -0.620. The second-order valence-corrected chi connectivity index (χ2v) is 6.58. The van der Waals surface area contributed by atoms with Crippen LogP contribution in [0.5, 0.6) is 0 Å². The monoisotopic (exact) mass is 274 g/mol. The van der Waals surface area contributed by atoms with Crippen LogP contribution in [-0.4, -0.2) is 34.3 Å². The third-order valence-corrected chi connectivity index (χ3v) is 4.06. The third-order valence-electron chi connectivity index (χ3n) is 3.24. The fraction of sp³-hybridized carbons (Fsp3) is 0.917. The lowest BCUT2D eigenvalue weighted by Crippen LogP contribution is -2.46. The van der Waals surface area contributed by atoms with E-state index in [1.165, 1.54) is 19.3 Å². The quantitative estimate of drug-likeness (QED) is 0.301. The van der Waals surface area contributed by atoms with Crippen LogP contribution in [-0.2, 0) is 10.8 Å². The normalized spacial score (nSPS) is 21.4. The fourth-order valence-corrected chi connectivity index (χ4v) is 2.84. The Morgan fingerprint density at radius 2 is 2.11 bits per heavy atom. The zero-order chi connectivity index (χ0) is 13.4. The fourth-order valence-electron chi connectivity index (χ4n) is 2.16. The summed E-state index contributed by atoms with van der Waals surface area (Å²) in [5.41, 5.74) is 2.63. The molecule has 1 aliphatic carbocycles. The van der Waals surface area contributed by atoms with Gasteiger partial charge >= 0.3 is 0 Å². The first-order valence-electron chi connectivity index (χ1n) is 6.72. The second-order valence-electron chi connectivity index (χ2n) is 5.03. The van der Waals surface area contributed by atoms with Crippen LogP contribution in [0.1, 0.15) is 45.4 Å². The summed E-state index contributed by atoms with van der Waals surface area (Å²) in [6.45, 7) is 2.06. The van der Waals surface area contributed by atoms with Crippen molar-refractivity contribution in [3.05, 3.63) is 0 Å². The summed E-state index contributed by atoms with van der Waals surface area (Å²) in [7, 11) is -0.741. The number of hydrogen-bond acceptors (Lipinski definition) is 3. The molecule has 0 amide bonds. The molecule has 0 aliphatic heterocycles. The molecule has 0 aromatic carbocycles.